The Hall–Kier alpha value is -1.81. The van der Waals surface area contributed by atoms with Gasteiger partial charge in [-0.25, -0.2) is 0 Å². The van der Waals surface area contributed by atoms with Crippen LogP contribution in [0.25, 0.3) is 0 Å². The molecule has 0 bridgehead atoms. The average Bonchev–Trinajstić information content (AvgIpc) is 2.94. The number of thiophene rings is 1. The molecule has 0 saturated carbocycles. The van der Waals surface area contributed by atoms with Crippen molar-refractivity contribution in [3.63, 3.8) is 0 Å². The van der Waals surface area contributed by atoms with Gasteiger partial charge in [0, 0.05) is 0 Å². The number of aryl methyl sites for hydroxylation is 3. The average molecular weight is 289 g/mol. The van der Waals surface area contributed by atoms with Gasteiger partial charge in [0.2, 0.25) is 0 Å². The van der Waals surface area contributed by atoms with Crippen LogP contribution in [0.4, 0.5) is 0 Å². The van der Waals surface area contributed by atoms with Crippen LogP contribution in [0.1, 0.15) is 26.4 Å². The van der Waals surface area contributed by atoms with Crippen molar-refractivity contribution in [1.29, 1.82) is 0 Å². The highest BCUT2D eigenvalue weighted by Gasteiger charge is 2.06. The van der Waals surface area contributed by atoms with Crippen LogP contribution in [-0.2, 0) is 0 Å². The first-order chi connectivity index (χ1) is 9.58. The number of benzene rings is 1. The molecule has 1 aromatic carbocycles. The van der Waals surface area contributed by atoms with Gasteiger partial charge in [0.25, 0.3) is 5.91 Å². The molecule has 2 aromatic rings. The molecule has 2 rings (SSSR count). The van der Waals surface area contributed by atoms with Crippen LogP contribution in [0.5, 0.6) is 5.75 Å². The van der Waals surface area contributed by atoms with E-state index in [-0.39, 0.29) is 5.91 Å². The number of ether oxygens (including phenoxy) is 1. The maximum absolute atomic E-state index is 11.7. The first kappa shape index (κ1) is 14.6. The van der Waals surface area contributed by atoms with Gasteiger partial charge in [0.1, 0.15) is 12.4 Å². The van der Waals surface area contributed by atoms with Crippen molar-refractivity contribution in [2.45, 2.75) is 20.8 Å². The van der Waals surface area contributed by atoms with E-state index in [9.17, 15) is 4.79 Å². The first-order valence-corrected chi connectivity index (χ1v) is 7.48. The van der Waals surface area contributed by atoms with Crippen molar-refractivity contribution < 1.29 is 9.53 Å². The Labute approximate surface area is 123 Å². The summed E-state index contributed by atoms with van der Waals surface area (Å²) in [5.74, 6) is 0.846. The molecule has 1 amide bonds. The van der Waals surface area contributed by atoms with E-state index >= 15 is 0 Å². The summed E-state index contributed by atoms with van der Waals surface area (Å²) in [5.41, 5.74) is 3.60. The van der Waals surface area contributed by atoms with E-state index in [2.05, 4.69) is 25.2 Å². The molecule has 0 aliphatic rings. The van der Waals surface area contributed by atoms with Crippen molar-refractivity contribution in [2.24, 2.45) is 0 Å². The van der Waals surface area contributed by atoms with Crippen LogP contribution in [0.3, 0.4) is 0 Å². The van der Waals surface area contributed by atoms with E-state index in [0.29, 0.717) is 13.2 Å². The Morgan fingerprint density at radius 2 is 1.95 bits per heavy atom. The lowest BCUT2D eigenvalue weighted by Crippen LogP contribution is -2.27. The van der Waals surface area contributed by atoms with Crippen molar-refractivity contribution in [3.8, 4) is 5.75 Å². The number of carbonyl (C=O) groups is 1. The van der Waals surface area contributed by atoms with Gasteiger partial charge in [-0.05, 0) is 55.0 Å². The van der Waals surface area contributed by atoms with Gasteiger partial charge in [-0.1, -0.05) is 12.1 Å². The number of carbonyl (C=O) groups excluding carboxylic acids is 1. The Bertz CT molecular complexity index is 591. The molecule has 0 radical (unpaired) electrons. The van der Waals surface area contributed by atoms with Gasteiger partial charge < -0.3 is 10.1 Å². The summed E-state index contributed by atoms with van der Waals surface area (Å²) in [6, 6.07) is 7.85. The van der Waals surface area contributed by atoms with E-state index in [4.69, 9.17) is 4.74 Å². The van der Waals surface area contributed by atoms with Crippen LogP contribution in [0.2, 0.25) is 0 Å². The van der Waals surface area contributed by atoms with Gasteiger partial charge in [0.05, 0.1) is 11.4 Å². The molecule has 0 atom stereocenters. The summed E-state index contributed by atoms with van der Waals surface area (Å²) >= 11 is 1.44. The molecule has 106 valence electrons. The number of rotatable bonds is 5. The standard InChI is InChI=1S/C16H19NO2S/c1-11-9-13(3)14(10-12(11)2)19-7-6-17-16(18)15-5-4-8-20-15/h4-5,8-10H,6-7H2,1-3H3,(H,17,18). The molecule has 0 saturated heterocycles. The van der Waals surface area contributed by atoms with E-state index < -0.39 is 0 Å². The van der Waals surface area contributed by atoms with Crippen LogP contribution >= 0.6 is 11.3 Å². The summed E-state index contributed by atoms with van der Waals surface area (Å²) in [5, 5.41) is 4.74. The molecule has 0 aliphatic heterocycles. The van der Waals surface area contributed by atoms with Crippen molar-refractivity contribution >= 4 is 17.2 Å². The fraction of sp³-hybridized carbons (Fsp3) is 0.312. The summed E-state index contributed by atoms with van der Waals surface area (Å²) in [6.07, 6.45) is 0. The lowest BCUT2D eigenvalue weighted by atomic mass is 10.1. The highest BCUT2D eigenvalue weighted by molar-refractivity contribution is 7.12. The Morgan fingerprint density at radius 3 is 2.65 bits per heavy atom. The fourth-order valence-electron chi connectivity index (χ4n) is 1.91. The Balaban J connectivity index is 1.82. The monoisotopic (exact) mass is 289 g/mol. The lowest BCUT2D eigenvalue weighted by Gasteiger charge is -2.12. The smallest absolute Gasteiger partial charge is 0.261 e. The molecule has 3 nitrogen and oxygen atoms in total. The minimum absolute atomic E-state index is 0.0413. The van der Waals surface area contributed by atoms with E-state index in [1.165, 1.54) is 22.5 Å². The summed E-state index contributed by atoms with van der Waals surface area (Å²) in [7, 11) is 0. The molecule has 0 aliphatic carbocycles. The molecule has 0 spiro atoms. The third kappa shape index (κ3) is 3.61. The molecule has 0 unspecified atom stereocenters. The maximum atomic E-state index is 11.7. The zero-order chi connectivity index (χ0) is 14.5. The SMILES string of the molecule is Cc1cc(C)c(OCCNC(=O)c2cccs2)cc1C. The molecular weight excluding hydrogens is 270 g/mol. The Morgan fingerprint density at radius 1 is 1.20 bits per heavy atom. The largest absolute Gasteiger partial charge is 0.491 e. The molecule has 1 aromatic heterocycles. The van der Waals surface area contributed by atoms with Crippen molar-refractivity contribution in [2.75, 3.05) is 13.2 Å². The molecule has 0 fully saturated rings. The van der Waals surface area contributed by atoms with Crippen LogP contribution in [-0.4, -0.2) is 19.1 Å². The summed E-state index contributed by atoms with van der Waals surface area (Å²) in [4.78, 5) is 12.5. The predicted octanol–water partition coefficient (Wildman–Crippen LogP) is 3.48. The summed E-state index contributed by atoms with van der Waals surface area (Å²) < 4.78 is 5.73. The van der Waals surface area contributed by atoms with Gasteiger partial charge in [0.15, 0.2) is 0 Å². The predicted molar refractivity (Wildman–Crippen MR) is 82.8 cm³/mol. The third-order valence-electron chi connectivity index (χ3n) is 3.18. The highest BCUT2D eigenvalue weighted by atomic mass is 32.1. The second-order valence-corrected chi connectivity index (χ2v) is 5.73. The van der Waals surface area contributed by atoms with E-state index in [0.717, 1.165) is 16.2 Å². The van der Waals surface area contributed by atoms with Gasteiger partial charge in [-0.15, -0.1) is 11.3 Å². The maximum Gasteiger partial charge on any atom is 0.261 e. The van der Waals surface area contributed by atoms with Crippen molar-refractivity contribution in [1.82, 2.24) is 5.32 Å². The topological polar surface area (TPSA) is 38.3 Å². The minimum Gasteiger partial charge on any atom is -0.491 e. The number of amides is 1. The molecular formula is C16H19NO2S. The van der Waals surface area contributed by atoms with Gasteiger partial charge in [-0.3, -0.25) is 4.79 Å². The lowest BCUT2D eigenvalue weighted by molar-refractivity contribution is 0.0951. The van der Waals surface area contributed by atoms with Crippen molar-refractivity contribution in [3.05, 3.63) is 51.2 Å². The number of nitrogens with one attached hydrogen (secondary N) is 1. The number of hydrogen-bond donors (Lipinski definition) is 1. The van der Waals surface area contributed by atoms with E-state index in [1.54, 1.807) is 0 Å². The quantitative estimate of drug-likeness (QED) is 0.856. The van der Waals surface area contributed by atoms with Crippen LogP contribution in [0, 0.1) is 20.8 Å². The second kappa shape index (κ2) is 6.57. The molecule has 20 heavy (non-hydrogen) atoms. The number of hydrogen-bond acceptors (Lipinski definition) is 3. The highest BCUT2D eigenvalue weighted by Crippen LogP contribution is 2.22. The molecule has 1 heterocycles. The summed E-state index contributed by atoms with van der Waals surface area (Å²) in [6.45, 7) is 7.17. The zero-order valence-electron chi connectivity index (χ0n) is 12.0. The third-order valence-corrected chi connectivity index (χ3v) is 4.05. The zero-order valence-corrected chi connectivity index (χ0v) is 12.8. The molecule has 4 heteroatoms. The molecule has 1 N–H and O–H groups in total. The first-order valence-electron chi connectivity index (χ1n) is 6.60. The van der Waals surface area contributed by atoms with Gasteiger partial charge >= 0.3 is 0 Å². The minimum atomic E-state index is -0.0413. The Kier molecular flexibility index (Phi) is 4.79. The van der Waals surface area contributed by atoms with Crippen LogP contribution in [0.15, 0.2) is 29.6 Å². The van der Waals surface area contributed by atoms with Gasteiger partial charge in [-0.2, -0.15) is 0 Å². The normalized spacial score (nSPS) is 10.3. The van der Waals surface area contributed by atoms with E-state index in [1.807, 2.05) is 30.5 Å². The second-order valence-electron chi connectivity index (χ2n) is 4.78. The fourth-order valence-corrected chi connectivity index (χ4v) is 2.55. The van der Waals surface area contributed by atoms with Crippen LogP contribution < -0.4 is 10.1 Å².